The topological polar surface area (TPSA) is 147 Å². The molecule has 2 heterocycles. The number of aliphatic hydroxyl groups is 2. The molecule has 0 saturated carbocycles. The fourth-order valence-electron chi connectivity index (χ4n) is 3.83. The zero-order valence-electron chi connectivity index (χ0n) is 18.6. The average Bonchev–Trinajstić information content (AvgIpc) is 2.89. The van der Waals surface area contributed by atoms with Crippen molar-refractivity contribution in [2.75, 3.05) is 20.3 Å². The van der Waals surface area contributed by atoms with Crippen molar-refractivity contribution < 1.29 is 53.0 Å². The van der Waals surface area contributed by atoms with Gasteiger partial charge in [-0.1, -0.05) is 36.4 Å². The van der Waals surface area contributed by atoms with Gasteiger partial charge in [-0.2, -0.15) is 0 Å². The molecule has 11 nitrogen and oxygen atoms in total. The molecule has 0 bridgehead atoms. The second-order valence-corrected chi connectivity index (χ2v) is 7.93. The molecule has 2 N–H and O–H groups in total. The largest absolute Gasteiger partial charge is 0.465 e. The summed E-state index contributed by atoms with van der Waals surface area (Å²) < 4.78 is 31.7. The number of benzene rings is 2. The predicted molar refractivity (Wildman–Crippen MR) is 115 cm³/mol. The Hall–Kier alpha value is -3.35. The fourth-order valence-corrected chi connectivity index (χ4v) is 3.83. The summed E-state index contributed by atoms with van der Waals surface area (Å²) in [5.74, 6) is -2.40. The van der Waals surface area contributed by atoms with E-state index in [4.69, 9.17) is 23.7 Å². The van der Waals surface area contributed by atoms with Gasteiger partial charge in [0, 0.05) is 0 Å². The van der Waals surface area contributed by atoms with E-state index in [1.165, 1.54) is 12.1 Å². The summed E-state index contributed by atoms with van der Waals surface area (Å²) in [6.07, 6.45) is -7.73. The summed E-state index contributed by atoms with van der Waals surface area (Å²) in [6.45, 7) is -1.02. The number of hydrogen-bond acceptors (Lipinski definition) is 11. The van der Waals surface area contributed by atoms with Gasteiger partial charge >= 0.3 is 17.9 Å². The van der Waals surface area contributed by atoms with E-state index in [1.807, 2.05) is 0 Å². The molecule has 186 valence electrons. The lowest BCUT2D eigenvalue weighted by Gasteiger charge is -2.52. The zero-order chi connectivity index (χ0) is 25.0. The van der Waals surface area contributed by atoms with Gasteiger partial charge < -0.3 is 38.6 Å². The van der Waals surface area contributed by atoms with E-state index < -0.39 is 67.6 Å². The fraction of sp³-hybridized carbons (Fsp3) is 0.375. The van der Waals surface area contributed by atoms with E-state index in [0.717, 1.165) is 7.11 Å². The van der Waals surface area contributed by atoms with Crippen molar-refractivity contribution in [1.29, 1.82) is 0 Å². The standard InChI is InChI=1S/C24H24O11/c1-30-22(28)23-32-13-24(29)16(12-31-19(25)14-8-4-2-5-9-14)33-21(27)17(18(24)35-23)34-20(26)15-10-6-3-7-11-15/h2-11,16-18,21,23,27,29H,12-13H2,1H3/t16-,17-,18-,21+,23+,24+/m1/s1. The monoisotopic (exact) mass is 488 g/mol. The summed E-state index contributed by atoms with van der Waals surface area (Å²) >= 11 is 0. The van der Waals surface area contributed by atoms with Crippen molar-refractivity contribution in [2.45, 2.75) is 36.5 Å². The highest BCUT2D eigenvalue weighted by molar-refractivity contribution is 5.90. The summed E-state index contributed by atoms with van der Waals surface area (Å²) in [6, 6.07) is 16.1. The van der Waals surface area contributed by atoms with Crippen LogP contribution in [-0.2, 0) is 33.2 Å². The summed E-state index contributed by atoms with van der Waals surface area (Å²) in [7, 11) is 1.12. The maximum absolute atomic E-state index is 12.6. The van der Waals surface area contributed by atoms with Gasteiger partial charge in [0.05, 0.1) is 24.8 Å². The highest BCUT2D eigenvalue weighted by Gasteiger charge is 2.62. The van der Waals surface area contributed by atoms with Crippen LogP contribution >= 0.6 is 0 Å². The van der Waals surface area contributed by atoms with Crippen LogP contribution in [0.2, 0.25) is 0 Å². The van der Waals surface area contributed by atoms with Crippen LogP contribution in [0.1, 0.15) is 20.7 Å². The van der Waals surface area contributed by atoms with Crippen molar-refractivity contribution in [1.82, 2.24) is 0 Å². The van der Waals surface area contributed by atoms with Gasteiger partial charge in [0.25, 0.3) is 6.29 Å². The summed E-state index contributed by atoms with van der Waals surface area (Å²) in [5, 5.41) is 22.1. The molecule has 4 rings (SSSR count). The molecule has 11 heteroatoms. The lowest BCUT2D eigenvalue weighted by molar-refractivity contribution is -0.382. The molecule has 0 aromatic heterocycles. The van der Waals surface area contributed by atoms with E-state index in [1.54, 1.807) is 48.5 Å². The molecule has 2 aromatic carbocycles. The SMILES string of the molecule is COC(=O)[C@H]1OC[C@@]2(O)[C@H](O1)[C@@H](OC(=O)c1ccccc1)[C@@H](O)O[C@@H]2COC(=O)c1ccccc1. The minimum absolute atomic E-state index is 0.179. The van der Waals surface area contributed by atoms with Gasteiger partial charge in [-0.25, -0.2) is 14.4 Å². The lowest BCUT2D eigenvalue weighted by Crippen LogP contribution is -2.73. The third-order valence-corrected chi connectivity index (χ3v) is 5.69. The number of esters is 3. The first-order chi connectivity index (χ1) is 16.8. The van der Waals surface area contributed by atoms with Crippen molar-refractivity contribution in [3.63, 3.8) is 0 Å². The smallest absolute Gasteiger partial charge is 0.363 e. The molecule has 0 radical (unpaired) electrons. The third-order valence-electron chi connectivity index (χ3n) is 5.69. The number of methoxy groups -OCH3 is 1. The zero-order valence-corrected chi connectivity index (χ0v) is 18.6. The van der Waals surface area contributed by atoms with Gasteiger partial charge in [-0.3, -0.25) is 0 Å². The quantitative estimate of drug-likeness (QED) is 0.431. The van der Waals surface area contributed by atoms with Crippen LogP contribution < -0.4 is 0 Å². The van der Waals surface area contributed by atoms with Crippen molar-refractivity contribution in [3.8, 4) is 0 Å². The molecule has 0 unspecified atom stereocenters. The maximum Gasteiger partial charge on any atom is 0.363 e. The number of hydrogen-bond donors (Lipinski definition) is 2. The average molecular weight is 488 g/mol. The van der Waals surface area contributed by atoms with Crippen LogP contribution in [0.5, 0.6) is 0 Å². The molecule has 2 aromatic rings. The Morgan fingerprint density at radius 1 is 0.971 bits per heavy atom. The van der Waals surface area contributed by atoms with Gasteiger partial charge in [0.2, 0.25) is 0 Å². The van der Waals surface area contributed by atoms with E-state index >= 15 is 0 Å². The van der Waals surface area contributed by atoms with Gasteiger partial charge in [-0.05, 0) is 24.3 Å². The van der Waals surface area contributed by atoms with Crippen molar-refractivity contribution in [2.24, 2.45) is 0 Å². The van der Waals surface area contributed by atoms with Gasteiger partial charge in [0.15, 0.2) is 12.4 Å². The first kappa shape index (κ1) is 24.8. The number of rotatable bonds is 6. The van der Waals surface area contributed by atoms with Crippen LogP contribution in [-0.4, -0.2) is 84.9 Å². The summed E-state index contributed by atoms with van der Waals surface area (Å²) in [5.41, 5.74) is -1.62. The first-order valence-corrected chi connectivity index (χ1v) is 10.7. The molecule has 35 heavy (non-hydrogen) atoms. The molecular weight excluding hydrogens is 464 g/mol. The number of carbonyl (C=O) groups excluding carboxylic acids is 3. The number of carbonyl (C=O) groups is 3. The minimum Gasteiger partial charge on any atom is -0.465 e. The van der Waals surface area contributed by atoms with Crippen LogP contribution in [0.3, 0.4) is 0 Å². The molecule has 2 fully saturated rings. The second-order valence-electron chi connectivity index (χ2n) is 7.93. The van der Waals surface area contributed by atoms with E-state index in [9.17, 15) is 24.6 Å². The van der Waals surface area contributed by atoms with Crippen LogP contribution in [0, 0.1) is 0 Å². The highest BCUT2D eigenvalue weighted by Crippen LogP contribution is 2.38. The molecule has 0 amide bonds. The molecule has 2 aliphatic heterocycles. The normalized spacial score (nSPS) is 30.0. The molecular formula is C24H24O11. The Balaban J connectivity index is 1.55. The highest BCUT2D eigenvalue weighted by atomic mass is 16.8. The number of fused-ring (bicyclic) bond motifs is 1. The van der Waals surface area contributed by atoms with Crippen LogP contribution in [0.4, 0.5) is 0 Å². The first-order valence-electron chi connectivity index (χ1n) is 10.7. The predicted octanol–water partition coefficient (Wildman–Crippen LogP) is 0.432. The molecule has 0 spiro atoms. The molecule has 0 aliphatic carbocycles. The minimum atomic E-state index is -2.07. The lowest BCUT2D eigenvalue weighted by atomic mass is 9.83. The summed E-state index contributed by atoms with van der Waals surface area (Å²) in [4.78, 5) is 37.0. The van der Waals surface area contributed by atoms with Crippen molar-refractivity contribution in [3.05, 3.63) is 71.8 Å². The Morgan fingerprint density at radius 3 is 2.17 bits per heavy atom. The van der Waals surface area contributed by atoms with Crippen LogP contribution in [0.15, 0.2) is 60.7 Å². The Kier molecular flexibility index (Phi) is 7.43. The third kappa shape index (κ3) is 5.19. The maximum atomic E-state index is 12.6. The van der Waals surface area contributed by atoms with Crippen LogP contribution in [0.25, 0.3) is 0 Å². The number of ether oxygens (including phenoxy) is 6. The van der Waals surface area contributed by atoms with E-state index in [-0.39, 0.29) is 11.1 Å². The molecule has 2 aliphatic rings. The molecule has 6 atom stereocenters. The second kappa shape index (κ2) is 10.5. The molecule has 2 saturated heterocycles. The Morgan fingerprint density at radius 2 is 1.57 bits per heavy atom. The Bertz CT molecular complexity index is 1040. The van der Waals surface area contributed by atoms with Crippen molar-refractivity contribution >= 4 is 17.9 Å². The Labute approximate surface area is 200 Å². The van der Waals surface area contributed by atoms with E-state index in [0.29, 0.717) is 0 Å². The number of aliphatic hydroxyl groups excluding tert-OH is 1. The van der Waals surface area contributed by atoms with Gasteiger partial charge in [-0.15, -0.1) is 0 Å². The van der Waals surface area contributed by atoms with Gasteiger partial charge in [0.1, 0.15) is 24.4 Å². The van der Waals surface area contributed by atoms with E-state index in [2.05, 4.69) is 4.74 Å².